The molecule has 0 saturated heterocycles. The minimum atomic E-state index is -1.29. The van der Waals surface area contributed by atoms with Crippen molar-refractivity contribution in [1.82, 2.24) is 0 Å². The van der Waals surface area contributed by atoms with Gasteiger partial charge in [-0.15, -0.1) is 0 Å². The Hall–Kier alpha value is -14.2. The van der Waals surface area contributed by atoms with Gasteiger partial charge in [0.1, 0.15) is 23.0 Å². The van der Waals surface area contributed by atoms with E-state index in [-0.39, 0.29) is 5.75 Å². The molecule has 0 amide bonds. The standard InChI is InChI=1S/C68H58O37/c1-27(69)85-43-17-51(90-32(6)74)62(52(18-43)91-33(7)75)101-44-19-49(88-30(4)72)60(95-37(11)79)53(23-44)104-58-26-56(93-35(9)77)64(98-40(14)82)68(100-42(16)84)66(58)103-46-22-50(89-31(5)73)61(96-38(12)80)54(24-46)105-57-25-55(92-34(8)76)63(97-39(13)81)67(99-41(15)83)65(57)102-45-20-47(86-28(2)70)59(94-36(10)78)48(21-45)87-29(3)71/h17-26H,1-16H3. The molecule has 37 heteroatoms. The molecule has 0 spiro atoms. The van der Waals surface area contributed by atoms with Gasteiger partial charge in [-0.05, 0) is 0 Å². The van der Waals surface area contributed by atoms with Crippen LogP contribution in [0.3, 0.4) is 0 Å². The lowest BCUT2D eigenvalue weighted by Crippen LogP contribution is -2.13. The van der Waals surface area contributed by atoms with Gasteiger partial charge < -0.3 is 99.5 Å². The molecule has 552 valence electrons. The summed E-state index contributed by atoms with van der Waals surface area (Å²) >= 11 is 0. The van der Waals surface area contributed by atoms with Crippen molar-refractivity contribution < 1.29 is 176 Å². The zero-order valence-electron chi connectivity index (χ0n) is 57.9. The summed E-state index contributed by atoms with van der Waals surface area (Å²) in [5.74, 6) is -39.0. The van der Waals surface area contributed by atoms with Gasteiger partial charge >= 0.3 is 95.5 Å². The summed E-state index contributed by atoms with van der Waals surface area (Å²) in [6.07, 6.45) is 0. The van der Waals surface area contributed by atoms with Gasteiger partial charge in [0.25, 0.3) is 0 Å². The number of rotatable bonds is 26. The molecule has 0 aliphatic heterocycles. The van der Waals surface area contributed by atoms with E-state index in [2.05, 4.69) is 0 Å². The summed E-state index contributed by atoms with van der Waals surface area (Å²) in [4.78, 5) is 206. The van der Waals surface area contributed by atoms with Crippen molar-refractivity contribution in [2.75, 3.05) is 0 Å². The molecule has 0 aromatic heterocycles. The molecule has 0 aliphatic carbocycles. The van der Waals surface area contributed by atoms with Crippen LogP contribution in [0.1, 0.15) is 111 Å². The van der Waals surface area contributed by atoms with Crippen LogP contribution in [-0.2, 0) is 76.7 Å². The molecule has 0 atom stereocenters. The predicted molar refractivity (Wildman–Crippen MR) is 340 cm³/mol. The Kier molecular flexibility index (Phi) is 26.4. The van der Waals surface area contributed by atoms with Crippen LogP contribution in [-0.4, -0.2) is 95.5 Å². The van der Waals surface area contributed by atoms with Crippen molar-refractivity contribution in [2.24, 2.45) is 0 Å². The predicted octanol–water partition coefficient (Wildman–Crippen LogP) is 9.45. The summed E-state index contributed by atoms with van der Waals surface area (Å²) in [5, 5.41) is 0. The fraction of sp³-hybridized carbons (Fsp3) is 0.235. The van der Waals surface area contributed by atoms with Crippen molar-refractivity contribution in [3.63, 3.8) is 0 Å². The molecule has 0 radical (unpaired) electrons. The molecule has 6 rings (SSSR count). The minimum absolute atomic E-state index is 0.361. The SMILES string of the molecule is CC(=O)Oc1cc(OC(C)=O)c(Oc2cc(OC(C)=O)c(OC(C)=O)c(Oc3cc(OC(C)=O)c(OC(C)=O)c(OC(C)=O)c3Oc3cc(OC(C)=O)c(OC(C)=O)c(Oc4cc(OC(C)=O)c(OC(C)=O)c(OC(C)=O)c4Oc4cc(OC(C)=O)c(OC(C)=O)c(OC(C)=O)c4)c3)c2)c(OC(C)=O)c1. The van der Waals surface area contributed by atoms with Gasteiger partial charge in [-0.1, -0.05) is 0 Å². The second-order valence-corrected chi connectivity index (χ2v) is 20.7. The molecule has 6 aromatic carbocycles. The van der Waals surface area contributed by atoms with E-state index < -0.39 is 239 Å². The van der Waals surface area contributed by atoms with Crippen LogP contribution >= 0.6 is 0 Å². The normalized spacial score (nSPS) is 10.3. The highest BCUT2D eigenvalue weighted by Gasteiger charge is 2.36. The van der Waals surface area contributed by atoms with E-state index >= 15 is 0 Å². The van der Waals surface area contributed by atoms with Crippen LogP contribution in [0.4, 0.5) is 0 Å². The van der Waals surface area contributed by atoms with E-state index in [4.69, 9.17) is 99.5 Å². The maximum atomic E-state index is 13.4. The summed E-state index contributed by atoms with van der Waals surface area (Å²) in [6, 6.07) is 8.33. The minimum Gasteiger partial charge on any atom is -0.449 e. The van der Waals surface area contributed by atoms with Crippen LogP contribution in [0.5, 0.6) is 149 Å². The van der Waals surface area contributed by atoms with E-state index in [1.807, 2.05) is 0 Å². The highest BCUT2D eigenvalue weighted by atomic mass is 16.7. The Morgan fingerprint density at radius 2 is 0.305 bits per heavy atom. The number of hydrogen-bond donors (Lipinski definition) is 0. The number of hydrogen-bond acceptors (Lipinski definition) is 37. The lowest BCUT2D eigenvalue weighted by molar-refractivity contribution is -0.135. The Labute approximate surface area is 590 Å². The van der Waals surface area contributed by atoms with Gasteiger partial charge in [0.15, 0.2) is 69.0 Å². The Balaban J connectivity index is 1.81. The van der Waals surface area contributed by atoms with E-state index in [1.165, 1.54) is 0 Å². The lowest BCUT2D eigenvalue weighted by Gasteiger charge is -2.23. The average molecular weight is 1470 g/mol. The first-order valence-corrected chi connectivity index (χ1v) is 29.6. The maximum absolute atomic E-state index is 13.4. The zero-order valence-corrected chi connectivity index (χ0v) is 57.9. The van der Waals surface area contributed by atoms with E-state index in [0.717, 1.165) is 171 Å². The Morgan fingerprint density at radius 1 is 0.143 bits per heavy atom. The molecule has 0 saturated carbocycles. The summed E-state index contributed by atoms with van der Waals surface area (Å²) in [5.41, 5.74) is 0. The number of benzene rings is 6. The van der Waals surface area contributed by atoms with Gasteiger partial charge in [0.2, 0.25) is 57.5 Å². The first-order valence-electron chi connectivity index (χ1n) is 29.6. The summed E-state index contributed by atoms with van der Waals surface area (Å²) in [6.45, 7) is 14.2. The summed E-state index contributed by atoms with van der Waals surface area (Å²) in [7, 11) is 0. The Morgan fingerprint density at radius 3 is 0.543 bits per heavy atom. The van der Waals surface area contributed by atoms with Crippen LogP contribution < -0.4 is 99.5 Å². The molecular weight excluding hydrogens is 1410 g/mol. The van der Waals surface area contributed by atoms with Gasteiger partial charge in [0, 0.05) is 171 Å². The molecule has 0 bridgehead atoms. The van der Waals surface area contributed by atoms with Crippen LogP contribution in [0, 0.1) is 0 Å². The topological polar surface area (TPSA) is 467 Å². The highest BCUT2D eigenvalue weighted by molar-refractivity contribution is 5.87. The van der Waals surface area contributed by atoms with Gasteiger partial charge in [-0.3, -0.25) is 76.7 Å². The van der Waals surface area contributed by atoms with Crippen molar-refractivity contribution in [1.29, 1.82) is 0 Å². The van der Waals surface area contributed by atoms with Crippen LogP contribution in [0.15, 0.2) is 60.7 Å². The third kappa shape index (κ3) is 22.9. The first kappa shape index (κ1) is 79.8. The maximum Gasteiger partial charge on any atom is 0.308 e. The number of carbonyl (C=O) groups is 16. The lowest BCUT2D eigenvalue weighted by atomic mass is 10.2. The fourth-order valence-corrected chi connectivity index (χ4v) is 8.49. The van der Waals surface area contributed by atoms with Crippen molar-refractivity contribution >= 4 is 95.5 Å². The number of esters is 16. The number of ether oxygens (including phenoxy) is 21. The monoisotopic (exact) mass is 1470 g/mol. The van der Waals surface area contributed by atoms with Gasteiger partial charge in [-0.2, -0.15) is 0 Å². The number of carbonyl (C=O) groups excluding carboxylic acids is 16. The second kappa shape index (κ2) is 34.8. The molecule has 0 N–H and O–H groups in total. The smallest absolute Gasteiger partial charge is 0.308 e. The average Bonchev–Trinajstić information content (AvgIpc) is 0.770. The van der Waals surface area contributed by atoms with Crippen molar-refractivity contribution in [2.45, 2.75) is 111 Å². The fourth-order valence-electron chi connectivity index (χ4n) is 8.49. The van der Waals surface area contributed by atoms with E-state index in [1.54, 1.807) is 0 Å². The Bertz CT molecular complexity index is 4570. The molecule has 37 nitrogen and oxygen atoms in total. The highest BCUT2D eigenvalue weighted by Crippen LogP contribution is 2.59. The van der Waals surface area contributed by atoms with E-state index in [0.29, 0.717) is 0 Å². The van der Waals surface area contributed by atoms with Gasteiger partial charge in [-0.25, -0.2) is 0 Å². The second-order valence-electron chi connectivity index (χ2n) is 20.7. The summed E-state index contributed by atoms with van der Waals surface area (Å²) < 4.78 is 118. The molecule has 0 unspecified atom stereocenters. The molecule has 0 aliphatic rings. The molecule has 0 fully saturated rings. The zero-order chi connectivity index (χ0) is 78.2. The largest absolute Gasteiger partial charge is 0.449 e. The van der Waals surface area contributed by atoms with Crippen molar-refractivity contribution in [3.8, 4) is 149 Å². The molecule has 105 heavy (non-hydrogen) atoms. The quantitative estimate of drug-likeness (QED) is 0.0360. The van der Waals surface area contributed by atoms with Gasteiger partial charge in [0.05, 0.1) is 0 Å². The first-order chi connectivity index (χ1) is 49.1. The molecular formula is C68H58O37. The van der Waals surface area contributed by atoms with Crippen LogP contribution in [0.25, 0.3) is 0 Å². The van der Waals surface area contributed by atoms with Crippen molar-refractivity contribution in [3.05, 3.63) is 60.7 Å². The van der Waals surface area contributed by atoms with E-state index in [9.17, 15) is 76.7 Å². The van der Waals surface area contributed by atoms with Crippen LogP contribution in [0.2, 0.25) is 0 Å². The molecule has 6 aromatic rings. The third-order valence-corrected chi connectivity index (χ3v) is 11.3. The molecule has 0 heterocycles. The third-order valence-electron chi connectivity index (χ3n) is 11.3.